The Morgan fingerprint density at radius 3 is 2.62 bits per heavy atom. The van der Waals surface area contributed by atoms with Gasteiger partial charge in [-0.1, -0.05) is 36.4 Å². The van der Waals surface area contributed by atoms with Gasteiger partial charge in [-0.05, 0) is 25.3 Å². The predicted octanol–water partition coefficient (Wildman–Crippen LogP) is 2.21. The minimum atomic E-state index is -3.48. The molecule has 0 aliphatic carbocycles. The van der Waals surface area contributed by atoms with Crippen molar-refractivity contribution in [3.63, 3.8) is 0 Å². The first-order valence-electron chi connectivity index (χ1n) is 7.25. The van der Waals surface area contributed by atoms with Crippen molar-refractivity contribution in [2.24, 2.45) is 0 Å². The molecular formula is C16H20N2O2S. The number of rotatable bonds is 2. The van der Waals surface area contributed by atoms with Crippen LogP contribution < -0.4 is 5.32 Å². The Bertz CT molecular complexity index is 752. The molecule has 0 amide bonds. The van der Waals surface area contributed by atoms with Crippen molar-refractivity contribution < 1.29 is 8.42 Å². The Kier molecular flexibility index (Phi) is 3.73. The van der Waals surface area contributed by atoms with E-state index in [4.69, 9.17) is 0 Å². The third-order valence-electron chi connectivity index (χ3n) is 4.31. The monoisotopic (exact) mass is 304 g/mol. The molecule has 1 fully saturated rings. The second kappa shape index (κ2) is 5.40. The summed E-state index contributed by atoms with van der Waals surface area (Å²) >= 11 is 0. The third-order valence-corrected chi connectivity index (χ3v) is 6.36. The van der Waals surface area contributed by atoms with E-state index in [-0.39, 0.29) is 12.1 Å². The molecule has 0 spiro atoms. The summed E-state index contributed by atoms with van der Waals surface area (Å²) in [5, 5.41) is 5.06. The molecule has 0 aromatic heterocycles. The molecular weight excluding hydrogens is 284 g/mol. The number of hydrogen-bond donors (Lipinski definition) is 1. The van der Waals surface area contributed by atoms with Crippen molar-refractivity contribution in [2.75, 3.05) is 13.1 Å². The summed E-state index contributed by atoms with van der Waals surface area (Å²) in [6.07, 6.45) is 0. The lowest BCUT2D eigenvalue weighted by atomic mass is 10.1. The van der Waals surface area contributed by atoms with Crippen LogP contribution >= 0.6 is 0 Å². The molecule has 1 N–H and O–H groups in total. The Morgan fingerprint density at radius 1 is 1.10 bits per heavy atom. The molecule has 2 aromatic carbocycles. The fourth-order valence-electron chi connectivity index (χ4n) is 2.91. The van der Waals surface area contributed by atoms with Crippen LogP contribution in [0.5, 0.6) is 0 Å². The lowest BCUT2D eigenvalue weighted by Gasteiger charge is -2.37. The molecule has 0 saturated carbocycles. The lowest BCUT2D eigenvalue weighted by molar-refractivity contribution is 0.233. The van der Waals surface area contributed by atoms with E-state index in [0.717, 1.165) is 10.8 Å². The van der Waals surface area contributed by atoms with Crippen LogP contribution in [0.15, 0.2) is 47.4 Å². The van der Waals surface area contributed by atoms with Gasteiger partial charge in [-0.25, -0.2) is 8.42 Å². The summed E-state index contributed by atoms with van der Waals surface area (Å²) in [5.74, 6) is 0. The van der Waals surface area contributed by atoms with Gasteiger partial charge >= 0.3 is 0 Å². The summed E-state index contributed by atoms with van der Waals surface area (Å²) in [6, 6.07) is 13.2. The topological polar surface area (TPSA) is 49.4 Å². The number of fused-ring (bicyclic) bond motifs is 1. The van der Waals surface area contributed by atoms with Crippen molar-refractivity contribution in [1.82, 2.24) is 9.62 Å². The van der Waals surface area contributed by atoms with E-state index in [0.29, 0.717) is 18.0 Å². The molecule has 0 radical (unpaired) electrons. The largest absolute Gasteiger partial charge is 0.311 e. The van der Waals surface area contributed by atoms with Crippen LogP contribution in [0.4, 0.5) is 0 Å². The van der Waals surface area contributed by atoms with E-state index in [9.17, 15) is 8.42 Å². The maximum Gasteiger partial charge on any atom is 0.244 e. The van der Waals surface area contributed by atoms with Gasteiger partial charge in [0.2, 0.25) is 10.0 Å². The highest BCUT2D eigenvalue weighted by atomic mass is 32.2. The Hall–Kier alpha value is -1.43. The quantitative estimate of drug-likeness (QED) is 0.925. The molecule has 1 aliphatic heterocycles. The average Bonchev–Trinajstić information content (AvgIpc) is 2.49. The Labute approximate surface area is 125 Å². The van der Waals surface area contributed by atoms with Gasteiger partial charge in [-0.2, -0.15) is 4.31 Å². The summed E-state index contributed by atoms with van der Waals surface area (Å²) in [7, 11) is -3.48. The lowest BCUT2D eigenvalue weighted by Crippen LogP contribution is -2.57. The molecule has 21 heavy (non-hydrogen) atoms. The maximum absolute atomic E-state index is 13.1. The van der Waals surface area contributed by atoms with Crippen molar-refractivity contribution in [3.8, 4) is 0 Å². The van der Waals surface area contributed by atoms with Gasteiger partial charge in [0.05, 0.1) is 4.90 Å². The zero-order valence-corrected chi connectivity index (χ0v) is 13.1. The van der Waals surface area contributed by atoms with Gasteiger partial charge in [-0.15, -0.1) is 0 Å². The molecule has 112 valence electrons. The zero-order valence-electron chi connectivity index (χ0n) is 12.3. The molecule has 1 saturated heterocycles. The Morgan fingerprint density at radius 2 is 1.81 bits per heavy atom. The molecule has 3 rings (SSSR count). The molecule has 1 aliphatic rings. The average molecular weight is 304 g/mol. The van der Waals surface area contributed by atoms with Crippen LogP contribution in [-0.2, 0) is 10.0 Å². The minimum Gasteiger partial charge on any atom is -0.311 e. The maximum atomic E-state index is 13.1. The molecule has 5 heteroatoms. The van der Waals surface area contributed by atoms with E-state index < -0.39 is 10.0 Å². The first kappa shape index (κ1) is 14.5. The molecule has 2 aromatic rings. The highest BCUT2D eigenvalue weighted by Crippen LogP contribution is 2.27. The van der Waals surface area contributed by atoms with E-state index >= 15 is 0 Å². The number of sulfonamides is 1. The number of nitrogens with zero attached hydrogens (tertiary/aromatic N) is 1. The van der Waals surface area contributed by atoms with Crippen molar-refractivity contribution in [1.29, 1.82) is 0 Å². The summed E-state index contributed by atoms with van der Waals surface area (Å²) in [4.78, 5) is 0.404. The SMILES string of the molecule is CC1NCCN(S(=O)(=O)c2cccc3ccccc23)C1C. The highest BCUT2D eigenvalue weighted by Gasteiger charge is 2.35. The van der Waals surface area contributed by atoms with E-state index in [1.54, 1.807) is 10.4 Å². The minimum absolute atomic E-state index is 0.0530. The standard InChI is InChI=1S/C16H20N2O2S/c1-12-13(2)18(11-10-17-12)21(19,20)16-9-5-7-14-6-3-4-8-15(14)16/h3-9,12-13,17H,10-11H2,1-2H3. The van der Waals surface area contributed by atoms with Gasteiger partial charge in [-0.3, -0.25) is 0 Å². The smallest absolute Gasteiger partial charge is 0.244 e. The summed E-state index contributed by atoms with van der Waals surface area (Å²) in [6.45, 7) is 5.18. The van der Waals surface area contributed by atoms with Crippen LogP contribution in [0.25, 0.3) is 10.8 Å². The molecule has 4 nitrogen and oxygen atoms in total. The van der Waals surface area contributed by atoms with Gasteiger partial charge in [0.25, 0.3) is 0 Å². The fourth-order valence-corrected chi connectivity index (χ4v) is 4.83. The normalized spacial score (nSPS) is 24.3. The number of piperazine rings is 1. The van der Waals surface area contributed by atoms with Crippen molar-refractivity contribution in [3.05, 3.63) is 42.5 Å². The number of benzene rings is 2. The van der Waals surface area contributed by atoms with E-state index in [2.05, 4.69) is 5.32 Å². The van der Waals surface area contributed by atoms with Crippen LogP contribution in [0, 0.1) is 0 Å². The van der Waals surface area contributed by atoms with Crippen LogP contribution in [-0.4, -0.2) is 37.9 Å². The second-order valence-electron chi connectivity index (χ2n) is 5.58. The third kappa shape index (κ3) is 2.46. The van der Waals surface area contributed by atoms with Gasteiger partial charge in [0.15, 0.2) is 0 Å². The number of hydrogen-bond acceptors (Lipinski definition) is 3. The molecule has 2 unspecified atom stereocenters. The first-order valence-corrected chi connectivity index (χ1v) is 8.69. The van der Waals surface area contributed by atoms with E-state index in [1.165, 1.54) is 0 Å². The zero-order chi connectivity index (χ0) is 15.0. The van der Waals surface area contributed by atoms with E-state index in [1.807, 2.05) is 50.2 Å². The fraction of sp³-hybridized carbons (Fsp3) is 0.375. The van der Waals surface area contributed by atoms with Crippen molar-refractivity contribution in [2.45, 2.75) is 30.8 Å². The van der Waals surface area contributed by atoms with Crippen LogP contribution in [0.3, 0.4) is 0 Å². The van der Waals surface area contributed by atoms with Crippen LogP contribution in [0.1, 0.15) is 13.8 Å². The number of nitrogens with one attached hydrogen (secondary N) is 1. The summed E-state index contributed by atoms with van der Waals surface area (Å²) < 4.78 is 27.7. The highest BCUT2D eigenvalue weighted by molar-refractivity contribution is 7.89. The van der Waals surface area contributed by atoms with Gasteiger partial charge in [0.1, 0.15) is 0 Å². The Balaban J connectivity index is 2.12. The molecule has 0 bridgehead atoms. The predicted molar refractivity (Wildman–Crippen MR) is 84.8 cm³/mol. The molecule has 1 heterocycles. The van der Waals surface area contributed by atoms with Gasteiger partial charge in [0, 0.05) is 30.6 Å². The molecule has 2 atom stereocenters. The summed E-state index contributed by atoms with van der Waals surface area (Å²) in [5.41, 5.74) is 0. The van der Waals surface area contributed by atoms with Gasteiger partial charge < -0.3 is 5.32 Å². The second-order valence-corrected chi connectivity index (χ2v) is 7.44. The van der Waals surface area contributed by atoms with Crippen LogP contribution in [0.2, 0.25) is 0 Å². The first-order chi connectivity index (χ1) is 10.0. The van der Waals surface area contributed by atoms with Crippen molar-refractivity contribution >= 4 is 20.8 Å².